The van der Waals surface area contributed by atoms with Crippen LogP contribution in [0.25, 0.3) is 0 Å². The number of hydrogen-bond donors (Lipinski definition) is 0. The van der Waals surface area contributed by atoms with E-state index < -0.39 is 4.65 Å². The highest BCUT2D eigenvalue weighted by Gasteiger charge is 2.27. The van der Waals surface area contributed by atoms with Crippen molar-refractivity contribution in [3.8, 4) is 0 Å². The third kappa shape index (κ3) is 2.76. The molecule has 0 aromatic heterocycles. The number of nitrogens with zero attached hydrogens (tertiary/aromatic N) is 1. The van der Waals surface area contributed by atoms with Gasteiger partial charge in [-0.15, -0.1) is 0 Å². The lowest BCUT2D eigenvalue weighted by molar-refractivity contribution is -0.745. The molecule has 1 aromatic rings. The summed E-state index contributed by atoms with van der Waals surface area (Å²) in [5.74, 6) is 0. The van der Waals surface area contributed by atoms with E-state index in [1.54, 1.807) is 19.1 Å². The molecule has 100 valence electrons. The Kier molecular flexibility index (Phi) is 3.85. The molecular weight excluding hydrogens is 258 g/mol. The van der Waals surface area contributed by atoms with Crippen molar-refractivity contribution in [3.05, 3.63) is 64.0 Å². The maximum Gasteiger partial charge on any atom is 0.234 e. The molecule has 1 aliphatic heterocycles. The molecule has 2 rings (SSSR count). The minimum absolute atomic E-state index is 0.264. The lowest BCUT2D eigenvalue weighted by Crippen LogP contribution is -2.43. The molecule has 1 aromatic carbocycles. The summed E-state index contributed by atoms with van der Waals surface area (Å²) in [5.41, 5.74) is 3.94. The largest absolute Gasteiger partial charge is 0.621 e. The highest BCUT2D eigenvalue weighted by Crippen LogP contribution is 2.24. The minimum atomic E-state index is -0.694. The van der Waals surface area contributed by atoms with E-state index >= 15 is 0 Å². The first-order chi connectivity index (χ1) is 8.96. The lowest BCUT2D eigenvalue weighted by Gasteiger charge is -2.40. The molecule has 0 N–H and O–H groups in total. The summed E-state index contributed by atoms with van der Waals surface area (Å²) in [5, 5.41) is 12.9. The van der Waals surface area contributed by atoms with Gasteiger partial charge in [-0.2, -0.15) is 0 Å². The Morgan fingerprint density at radius 1 is 1.26 bits per heavy atom. The van der Waals surface area contributed by atoms with Crippen LogP contribution in [0.5, 0.6) is 0 Å². The summed E-state index contributed by atoms with van der Waals surface area (Å²) in [6.45, 7) is 6.06. The molecular formula is C15H17NO2S. The van der Waals surface area contributed by atoms with Crippen molar-refractivity contribution < 1.29 is 8.86 Å². The zero-order chi connectivity index (χ0) is 14.0. The monoisotopic (exact) mass is 275 g/mol. The van der Waals surface area contributed by atoms with Crippen LogP contribution >= 0.6 is 0 Å². The Balaban J connectivity index is 2.42. The second kappa shape index (κ2) is 5.25. The molecule has 1 atom stereocenters. The second-order valence-electron chi connectivity index (χ2n) is 4.96. The van der Waals surface area contributed by atoms with Gasteiger partial charge in [0.15, 0.2) is 11.3 Å². The highest BCUT2D eigenvalue weighted by molar-refractivity contribution is 7.66. The van der Waals surface area contributed by atoms with Crippen molar-refractivity contribution >= 4 is 16.2 Å². The van der Waals surface area contributed by atoms with Crippen LogP contribution in [0.3, 0.4) is 0 Å². The van der Waals surface area contributed by atoms with Gasteiger partial charge in [-0.3, -0.25) is 4.65 Å². The van der Waals surface area contributed by atoms with Gasteiger partial charge in [0.2, 0.25) is 4.99 Å². The van der Waals surface area contributed by atoms with Gasteiger partial charge in [0, 0.05) is 11.1 Å². The third-order valence-electron chi connectivity index (χ3n) is 3.34. The predicted molar refractivity (Wildman–Crippen MR) is 79.3 cm³/mol. The number of benzene rings is 1. The van der Waals surface area contributed by atoms with E-state index in [0.29, 0.717) is 16.2 Å². The molecule has 19 heavy (non-hydrogen) atoms. The van der Waals surface area contributed by atoms with Gasteiger partial charge in [0.1, 0.15) is 12.7 Å². The average Bonchev–Trinajstić information content (AvgIpc) is 2.34. The van der Waals surface area contributed by atoms with Crippen LogP contribution in [0.1, 0.15) is 23.6 Å². The Morgan fingerprint density at radius 3 is 2.68 bits per heavy atom. The molecule has 0 spiro atoms. The lowest BCUT2D eigenvalue weighted by atomic mass is 10.0. The first-order valence-electron chi connectivity index (χ1n) is 6.15. The van der Waals surface area contributed by atoms with Crippen LogP contribution in [0.4, 0.5) is 0 Å². The quantitative estimate of drug-likeness (QED) is 0.473. The number of rotatable bonds is 2. The van der Waals surface area contributed by atoms with Crippen LogP contribution < -0.4 is 0 Å². The Morgan fingerprint density at radius 2 is 2.00 bits per heavy atom. The van der Waals surface area contributed by atoms with Gasteiger partial charge in [-0.05, 0) is 38.5 Å². The van der Waals surface area contributed by atoms with Gasteiger partial charge >= 0.3 is 0 Å². The van der Waals surface area contributed by atoms with Crippen molar-refractivity contribution in [1.29, 1.82) is 0 Å². The van der Waals surface area contributed by atoms with Gasteiger partial charge in [-0.25, -0.2) is 4.21 Å². The summed E-state index contributed by atoms with van der Waals surface area (Å²) in [7, 11) is 0. The number of quaternary nitrogens is 1. The van der Waals surface area contributed by atoms with E-state index in [1.165, 1.54) is 6.20 Å². The van der Waals surface area contributed by atoms with Crippen LogP contribution in [-0.4, -0.2) is 13.8 Å². The fourth-order valence-electron chi connectivity index (χ4n) is 2.24. The maximum atomic E-state index is 12.9. The zero-order valence-corrected chi connectivity index (χ0v) is 12.2. The first-order valence-corrected chi connectivity index (χ1v) is 6.89. The Bertz CT molecular complexity index is 627. The van der Waals surface area contributed by atoms with E-state index in [0.717, 1.165) is 22.3 Å². The first kappa shape index (κ1) is 13.9. The second-order valence-corrected chi connectivity index (χ2v) is 5.52. The molecule has 1 unspecified atom stereocenters. The molecule has 0 fully saturated rings. The Hall–Kier alpha value is -1.49. The van der Waals surface area contributed by atoms with Crippen molar-refractivity contribution in [3.63, 3.8) is 0 Å². The Labute approximate surface area is 117 Å². The highest BCUT2D eigenvalue weighted by atomic mass is 32.1. The molecule has 0 saturated carbocycles. The van der Waals surface area contributed by atoms with E-state index in [9.17, 15) is 9.42 Å². The summed E-state index contributed by atoms with van der Waals surface area (Å²) in [6.07, 6.45) is 5.07. The number of allylic oxidation sites excluding steroid dienone is 2. The van der Waals surface area contributed by atoms with Crippen molar-refractivity contribution in [2.24, 2.45) is 0 Å². The molecule has 0 radical (unpaired) electrons. The summed E-state index contributed by atoms with van der Waals surface area (Å²) in [4.78, 5) is 0.323. The molecule has 3 nitrogen and oxygen atoms in total. The smallest absolute Gasteiger partial charge is 0.234 e. The van der Waals surface area contributed by atoms with E-state index in [1.807, 2.05) is 32.0 Å². The average molecular weight is 275 g/mol. The van der Waals surface area contributed by atoms with Gasteiger partial charge < -0.3 is 5.21 Å². The molecule has 0 saturated heterocycles. The van der Waals surface area contributed by atoms with Gasteiger partial charge in [0.25, 0.3) is 0 Å². The van der Waals surface area contributed by atoms with Crippen LogP contribution in [0.2, 0.25) is 0 Å². The molecule has 0 amide bonds. The third-order valence-corrected chi connectivity index (χ3v) is 4.13. The van der Waals surface area contributed by atoms with Crippen LogP contribution in [-0.2, 0) is 17.8 Å². The number of aryl methyl sites for hydroxylation is 2. The van der Waals surface area contributed by atoms with Gasteiger partial charge in [-0.1, -0.05) is 23.8 Å². The predicted octanol–water partition coefficient (Wildman–Crippen LogP) is 2.93. The standard InChI is InChI=1S/C15H17NO2S/c1-11-6-7-12(2)14(9-11)10-16(17)8-4-5-13(3)15(16)19-18/h4-9H,10H2,1-3H3. The SMILES string of the molecule is CC1=CC=C[N+]([O-])(Cc2cc(C)ccc2C)C1=S=O. The fraction of sp³-hybridized carbons (Fsp3) is 0.267. The molecule has 1 aliphatic rings. The van der Waals surface area contributed by atoms with Gasteiger partial charge in [0.05, 0.1) is 0 Å². The van der Waals surface area contributed by atoms with Crippen LogP contribution in [0.15, 0.2) is 42.1 Å². The van der Waals surface area contributed by atoms with E-state index in [-0.39, 0.29) is 6.54 Å². The number of hydrogen-bond acceptors (Lipinski definition) is 2. The number of hydroxylamine groups is 3. The van der Waals surface area contributed by atoms with Crippen molar-refractivity contribution in [2.45, 2.75) is 27.3 Å². The zero-order valence-electron chi connectivity index (χ0n) is 11.3. The maximum absolute atomic E-state index is 12.9. The van der Waals surface area contributed by atoms with Crippen molar-refractivity contribution in [2.75, 3.05) is 0 Å². The van der Waals surface area contributed by atoms with E-state index in [4.69, 9.17) is 0 Å². The molecule has 4 heteroatoms. The fourth-order valence-corrected chi connectivity index (χ4v) is 2.69. The van der Waals surface area contributed by atoms with Crippen LogP contribution in [0, 0.1) is 19.1 Å². The molecule has 1 heterocycles. The summed E-state index contributed by atoms with van der Waals surface area (Å²) >= 11 is 0.297. The topological polar surface area (TPSA) is 40.1 Å². The molecule has 0 bridgehead atoms. The minimum Gasteiger partial charge on any atom is -0.621 e. The van der Waals surface area contributed by atoms with E-state index in [2.05, 4.69) is 0 Å². The summed E-state index contributed by atoms with van der Waals surface area (Å²) < 4.78 is 10.5. The van der Waals surface area contributed by atoms with Crippen molar-refractivity contribution in [1.82, 2.24) is 0 Å². The normalized spacial score (nSPS) is 22.3. The molecule has 0 aliphatic carbocycles. The summed E-state index contributed by atoms with van der Waals surface area (Å²) in [6, 6.07) is 6.05.